The summed E-state index contributed by atoms with van der Waals surface area (Å²) < 4.78 is 6.39. The Hall–Kier alpha value is -2.42. The molecule has 132 valence electrons. The molecule has 0 spiro atoms. The first-order valence-corrected chi connectivity index (χ1v) is 8.64. The molecule has 0 atom stereocenters. The number of rotatable bonds is 5. The van der Waals surface area contributed by atoms with Gasteiger partial charge in [-0.2, -0.15) is 4.98 Å². The number of nitro groups is 1. The molecule has 3 aromatic rings. The highest BCUT2D eigenvalue weighted by molar-refractivity contribution is 9.10. The van der Waals surface area contributed by atoms with Gasteiger partial charge in [-0.05, 0) is 36.4 Å². The average Bonchev–Trinajstić information content (AvgIpc) is 2.61. The monoisotopic (exact) mass is 454 g/mol. The van der Waals surface area contributed by atoms with Gasteiger partial charge in [0, 0.05) is 4.47 Å². The Labute approximate surface area is 166 Å². The fourth-order valence-corrected chi connectivity index (χ4v) is 2.65. The lowest BCUT2D eigenvalue weighted by molar-refractivity contribution is -0.385. The molecule has 0 aliphatic heterocycles. The molecule has 2 aromatic carbocycles. The Morgan fingerprint density at radius 2 is 1.85 bits per heavy atom. The van der Waals surface area contributed by atoms with Crippen molar-refractivity contribution in [3.05, 3.63) is 73.4 Å². The number of nitrogens with zero attached hydrogens (tertiary/aromatic N) is 3. The molecule has 7 nitrogen and oxygen atoms in total. The van der Waals surface area contributed by atoms with E-state index in [0.717, 1.165) is 10.8 Å². The molecule has 0 fully saturated rings. The van der Waals surface area contributed by atoms with E-state index in [-0.39, 0.29) is 16.7 Å². The van der Waals surface area contributed by atoms with Gasteiger partial charge < -0.3 is 10.1 Å². The number of benzene rings is 2. The normalized spacial score (nSPS) is 10.4. The summed E-state index contributed by atoms with van der Waals surface area (Å²) in [5.41, 5.74) is -0.0537. The van der Waals surface area contributed by atoms with Gasteiger partial charge in [-0.25, -0.2) is 4.98 Å². The number of ether oxygens (including phenoxy) is 1. The summed E-state index contributed by atoms with van der Waals surface area (Å²) in [6, 6.07) is 11.7. The van der Waals surface area contributed by atoms with E-state index in [9.17, 15) is 10.1 Å². The standard InChI is InChI=1S/C16H9BrCl2N4O3/c17-9-4-6-10(7-5-9)26-16-14(23(24)25)15(20-8-21-16)22-12-3-1-2-11(18)13(12)19/h1-8H,(H,20,21,22). The summed E-state index contributed by atoms with van der Waals surface area (Å²) in [7, 11) is 0. The zero-order valence-corrected chi connectivity index (χ0v) is 15.9. The number of hydrogen-bond donors (Lipinski definition) is 1. The van der Waals surface area contributed by atoms with Crippen LogP contribution in [0.2, 0.25) is 10.0 Å². The van der Waals surface area contributed by atoms with Crippen LogP contribution in [0.25, 0.3) is 0 Å². The maximum absolute atomic E-state index is 11.6. The van der Waals surface area contributed by atoms with E-state index in [1.165, 1.54) is 0 Å². The number of hydrogen-bond acceptors (Lipinski definition) is 6. The topological polar surface area (TPSA) is 90.2 Å². The lowest BCUT2D eigenvalue weighted by Gasteiger charge is -2.11. The Morgan fingerprint density at radius 3 is 2.54 bits per heavy atom. The third-order valence-electron chi connectivity index (χ3n) is 3.20. The van der Waals surface area contributed by atoms with Crippen LogP contribution in [0.5, 0.6) is 11.6 Å². The quantitative estimate of drug-likeness (QED) is 0.375. The van der Waals surface area contributed by atoms with Crippen molar-refractivity contribution in [3.8, 4) is 11.6 Å². The van der Waals surface area contributed by atoms with Crippen molar-refractivity contribution >= 4 is 56.3 Å². The summed E-state index contributed by atoms with van der Waals surface area (Å²) in [4.78, 5) is 18.7. The van der Waals surface area contributed by atoms with Crippen molar-refractivity contribution in [3.63, 3.8) is 0 Å². The summed E-state index contributed by atoms with van der Waals surface area (Å²) in [5.74, 6) is 0.121. The van der Waals surface area contributed by atoms with Crippen LogP contribution in [0.1, 0.15) is 0 Å². The van der Waals surface area contributed by atoms with Crippen LogP contribution in [-0.2, 0) is 0 Å². The predicted octanol–water partition coefficient (Wildman–Crippen LogP) is 5.99. The minimum atomic E-state index is -0.630. The maximum Gasteiger partial charge on any atom is 0.373 e. The number of anilines is 2. The first-order valence-electron chi connectivity index (χ1n) is 7.09. The van der Waals surface area contributed by atoms with Crippen LogP contribution in [0.4, 0.5) is 17.2 Å². The van der Waals surface area contributed by atoms with Gasteiger partial charge >= 0.3 is 11.6 Å². The van der Waals surface area contributed by atoms with Crippen molar-refractivity contribution in [1.82, 2.24) is 9.97 Å². The minimum absolute atomic E-state index is 0.0683. The first kappa shape index (κ1) is 18.4. The molecule has 1 heterocycles. The highest BCUT2D eigenvalue weighted by Crippen LogP contribution is 2.38. The van der Waals surface area contributed by atoms with Crippen LogP contribution in [0.15, 0.2) is 53.3 Å². The average molecular weight is 456 g/mol. The van der Waals surface area contributed by atoms with Crippen molar-refractivity contribution in [1.29, 1.82) is 0 Å². The molecule has 0 radical (unpaired) electrons. The number of nitrogens with one attached hydrogen (secondary N) is 1. The fraction of sp³-hybridized carbons (Fsp3) is 0. The summed E-state index contributed by atoms with van der Waals surface area (Å²) in [6.07, 6.45) is 1.15. The third-order valence-corrected chi connectivity index (χ3v) is 4.55. The number of aromatic nitrogens is 2. The molecule has 3 rings (SSSR count). The van der Waals surface area contributed by atoms with E-state index in [1.54, 1.807) is 42.5 Å². The zero-order valence-electron chi connectivity index (χ0n) is 12.8. The van der Waals surface area contributed by atoms with Crippen LogP contribution in [0.3, 0.4) is 0 Å². The maximum atomic E-state index is 11.6. The van der Waals surface area contributed by atoms with Crippen LogP contribution in [-0.4, -0.2) is 14.9 Å². The minimum Gasteiger partial charge on any atom is -0.434 e. The lowest BCUT2D eigenvalue weighted by atomic mass is 10.3. The molecule has 1 N–H and O–H groups in total. The molecule has 0 saturated heterocycles. The van der Waals surface area contributed by atoms with Gasteiger partial charge in [0.15, 0.2) is 0 Å². The van der Waals surface area contributed by atoms with Gasteiger partial charge in [-0.1, -0.05) is 45.2 Å². The van der Waals surface area contributed by atoms with Crippen molar-refractivity contribution in [2.24, 2.45) is 0 Å². The zero-order chi connectivity index (χ0) is 18.7. The highest BCUT2D eigenvalue weighted by atomic mass is 79.9. The largest absolute Gasteiger partial charge is 0.434 e. The van der Waals surface area contributed by atoms with E-state index >= 15 is 0 Å². The summed E-state index contributed by atoms with van der Waals surface area (Å²) in [5, 5.41) is 14.9. The van der Waals surface area contributed by atoms with Gasteiger partial charge in [-0.15, -0.1) is 0 Å². The van der Waals surface area contributed by atoms with E-state index in [2.05, 4.69) is 31.2 Å². The van der Waals surface area contributed by atoms with Crippen LogP contribution in [0, 0.1) is 10.1 Å². The molecule has 0 bridgehead atoms. The molecular weight excluding hydrogens is 447 g/mol. The Balaban J connectivity index is 1.99. The van der Waals surface area contributed by atoms with Gasteiger partial charge in [0.25, 0.3) is 0 Å². The molecule has 0 saturated carbocycles. The lowest BCUT2D eigenvalue weighted by Crippen LogP contribution is -2.04. The van der Waals surface area contributed by atoms with Crippen molar-refractivity contribution in [2.75, 3.05) is 5.32 Å². The van der Waals surface area contributed by atoms with E-state index in [4.69, 9.17) is 27.9 Å². The molecule has 0 unspecified atom stereocenters. The second kappa shape index (κ2) is 7.86. The fourth-order valence-electron chi connectivity index (χ4n) is 2.04. The molecule has 0 aliphatic rings. The molecule has 0 aliphatic carbocycles. The first-order chi connectivity index (χ1) is 12.5. The second-order valence-corrected chi connectivity index (χ2v) is 6.62. The molecule has 26 heavy (non-hydrogen) atoms. The molecule has 10 heteroatoms. The number of halogens is 3. The van der Waals surface area contributed by atoms with E-state index in [1.807, 2.05) is 0 Å². The van der Waals surface area contributed by atoms with Gasteiger partial charge in [0.05, 0.1) is 20.7 Å². The van der Waals surface area contributed by atoms with Crippen LogP contribution >= 0.6 is 39.1 Å². The van der Waals surface area contributed by atoms with E-state index in [0.29, 0.717) is 16.5 Å². The van der Waals surface area contributed by atoms with Crippen molar-refractivity contribution < 1.29 is 9.66 Å². The Morgan fingerprint density at radius 1 is 1.12 bits per heavy atom. The highest BCUT2D eigenvalue weighted by Gasteiger charge is 2.25. The Kier molecular flexibility index (Phi) is 5.55. The van der Waals surface area contributed by atoms with Crippen LogP contribution < -0.4 is 10.1 Å². The second-order valence-electron chi connectivity index (χ2n) is 4.92. The third kappa shape index (κ3) is 4.04. The summed E-state index contributed by atoms with van der Waals surface area (Å²) in [6.45, 7) is 0. The van der Waals surface area contributed by atoms with Gasteiger partial charge in [-0.3, -0.25) is 10.1 Å². The molecule has 0 amide bonds. The van der Waals surface area contributed by atoms with Gasteiger partial charge in [0.2, 0.25) is 5.82 Å². The molecular formula is C16H9BrCl2N4O3. The SMILES string of the molecule is O=[N+]([O-])c1c(Nc2cccc(Cl)c2Cl)ncnc1Oc1ccc(Br)cc1. The van der Waals surface area contributed by atoms with E-state index < -0.39 is 10.6 Å². The predicted molar refractivity (Wildman–Crippen MR) is 103 cm³/mol. The summed E-state index contributed by atoms with van der Waals surface area (Å²) >= 11 is 15.4. The smallest absolute Gasteiger partial charge is 0.373 e. The van der Waals surface area contributed by atoms with Gasteiger partial charge in [0.1, 0.15) is 12.1 Å². The molecule has 1 aromatic heterocycles. The Bertz CT molecular complexity index is 970. The van der Waals surface area contributed by atoms with Crippen molar-refractivity contribution in [2.45, 2.75) is 0 Å².